The topological polar surface area (TPSA) is 38.3 Å². The molecular weight excluding hydrogens is 346 g/mol. The van der Waals surface area contributed by atoms with Gasteiger partial charge in [0.2, 0.25) is 0 Å². The molecule has 0 saturated carbocycles. The van der Waals surface area contributed by atoms with Gasteiger partial charge in [0.25, 0.3) is 0 Å². The van der Waals surface area contributed by atoms with Gasteiger partial charge in [-0.15, -0.1) is 22.7 Å². The van der Waals surface area contributed by atoms with Crippen molar-refractivity contribution in [1.29, 1.82) is 0 Å². The molecule has 2 rings (SSSR count). The van der Waals surface area contributed by atoms with Crippen LogP contribution < -0.4 is 5.32 Å². The largest absolute Gasteiger partial charge is 0.465 e. The standard InChI is InChI=1S/C13H14BrNO2S2/c1-2-17-13(16)12(11-6-9(14)8-19-11)15-7-10-4-3-5-18-10/h3-6,8,12,15H,2,7H2,1H3. The van der Waals surface area contributed by atoms with Gasteiger partial charge in [-0.3, -0.25) is 5.32 Å². The molecule has 0 aliphatic heterocycles. The number of hydrogen-bond donors (Lipinski definition) is 1. The van der Waals surface area contributed by atoms with Gasteiger partial charge in [-0.25, -0.2) is 4.79 Å². The van der Waals surface area contributed by atoms with Gasteiger partial charge in [0.15, 0.2) is 0 Å². The van der Waals surface area contributed by atoms with Gasteiger partial charge in [-0.2, -0.15) is 0 Å². The molecule has 0 amide bonds. The van der Waals surface area contributed by atoms with E-state index in [1.807, 2.05) is 35.9 Å². The minimum atomic E-state index is -0.404. The molecule has 6 heteroatoms. The van der Waals surface area contributed by atoms with E-state index in [1.165, 1.54) is 4.88 Å². The number of ether oxygens (including phenoxy) is 1. The molecule has 102 valence electrons. The van der Waals surface area contributed by atoms with Crippen LogP contribution in [0.4, 0.5) is 0 Å². The number of rotatable bonds is 6. The van der Waals surface area contributed by atoms with E-state index in [9.17, 15) is 4.79 Å². The average molecular weight is 360 g/mol. The molecule has 3 nitrogen and oxygen atoms in total. The molecule has 1 unspecified atom stereocenters. The van der Waals surface area contributed by atoms with E-state index in [2.05, 4.69) is 21.2 Å². The lowest BCUT2D eigenvalue weighted by atomic mass is 10.2. The van der Waals surface area contributed by atoms with Crippen molar-refractivity contribution in [3.05, 3.63) is 43.2 Å². The van der Waals surface area contributed by atoms with Gasteiger partial charge in [0.1, 0.15) is 6.04 Å². The highest BCUT2D eigenvalue weighted by atomic mass is 79.9. The van der Waals surface area contributed by atoms with Crippen LogP contribution in [-0.2, 0) is 16.1 Å². The van der Waals surface area contributed by atoms with E-state index in [0.29, 0.717) is 13.2 Å². The lowest BCUT2D eigenvalue weighted by Gasteiger charge is -2.15. The van der Waals surface area contributed by atoms with Crippen LogP contribution in [0.5, 0.6) is 0 Å². The van der Waals surface area contributed by atoms with Crippen molar-refractivity contribution < 1.29 is 9.53 Å². The second-order valence-corrected chi connectivity index (χ2v) is 6.70. The summed E-state index contributed by atoms with van der Waals surface area (Å²) in [6.45, 7) is 2.87. The van der Waals surface area contributed by atoms with Crippen LogP contribution in [0.1, 0.15) is 22.7 Å². The van der Waals surface area contributed by atoms with Crippen molar-refractivity contribution in [3.8, 4) is 0 Å². The minimum absolute atomic E-state index is 0.228. The smallest absolute Gasteiger partial charge is 0.328 e. The molecule has 0 aromatic carbocycles. The van der Waals surface area contributed by atoms with Gasteiger partial charge >= 0.3 is 5.97 Å². The number of carbonyl (C=O) groups is 1. The third-order valence-corrected chi connectivity index (χ3v) is 5.09. The van der Waals surface area contributed by atoms with Crippen LogP contribution in [-0.4, -0.2) is 12.6 Å². The molecule has 2 heterocycles. The first-order valence-corrected chi connectivity index (χ1v) is 8.42. The summed E-state index contributed by atoms with van der Waals surface area (Å²) in [4.78, 5) is 14.2. The van der Waals surface area contributed by atoms with Gasteiger partial charge < -0.3 is 4.74 Å². The fraction of sp³-hybridized carbons (Fsp3) is 0.308. The van der Waals surface area contributed by atoms with Crippen molar-refractivity contribution in [1.82, 2.24) is 5.32 Å². The maximum Gasteiger partial charge on any atom is 0.328 e. The molecule has 1 N–H and O–H groups in total. The molecule has 0 radical (unpaired) electrons. The first kappa shape index (κ1) is 14.7. The van der Waals surface area contributed by atoms with Crippen molar-refractivity contribution in [3.63, 3.8) is 0 Å². The predicted octanol–water partition coefficient (Wildman–Crippen LogP) is 3.97. The Kier molecular flexibility index (Phi) is 5.57. The number of carbonyl (C=O) groups excluding carboxylic acids is 1. The molecular formula is C13H14BrNO2S2. The monoisotopic (exact) mass is 359 g/mol. The van der Waals surface area contributed by atoms with Crippen LogP contribution in [0.25, 0.3) is 0 Å². The van der Waals surface area contributed by atoms with E-state index in [1.54, 1.807) is 22.7 Å². The third-order valence-electron chi connectivity index (χ3n) is 2.46. The van der Waals surface area contributed by atoms with Gasteiger partial charge in [0.05, 0.1) is 6.61 Å². The highest BCUT2D eigenvalue weighted by Gasteiger charge is 2.23. The molecule has 0 aliphatic carbocycles. The number of halogens is 1. The van der Waals surface area contributed by atoms with Crippen LogP contribution in [0.3, 0.4) is 0 Å². The second-order valence-electron chi connectivity index (χ2n) is 3.81. The molecule has 2 aromatic heterocycles. The average Bonchev–Trinajstić information content (AvgIpc) is 3.02. The van der Waals surface area contributed by atoms with E-state index in [0.717, 1.165) is 9.35 Å². The quantitative estimate of drug-likeness (QED) is 0.793. The lowest BCUT2D eigenvalue weighted by Crippen LogP contribution is -2.29. The Bertz CT molecular complexity index is 524. The van der Waals surface area contributed by atoms with Gasteiger partial charge in [-0.05, 0) is 40.4 Å². The maximum atomic E-state index is 12.0. The number of hydrogen-bond acceptors (Lipinski definition) is 5. The Morgan fingerprint density at radius 3 is 2.95 bits per heavy atom. The maximum absolute atomic E-state index is 12.0. The Morgan fingerprint density at radius 1 is 1.53 bits per heavy atom. The zero-order chi connectivity index (χ0) is 13.7. The molecule has 0 bridgehead atoms. The molecule has 0 fully saturated rings. The zero-order valence-electron chi connectivity index (χ0n) is 10.4. The summed E-state index contributed by atoms with van der Waals surface area (Å²) in [7, 11) is 0. The molecule has 2 aromatic rings. The Morgan fingerprint density at radius 2 is 2.37 bits per heavy atom. The Hall–Kier alpha value is -0.690. The lowest BCUT2D eigenvalue weighted by molar-refractivity contribution is -0.145. The zero-order valence-corrected chi connectivity index (χ0v) is 13.6. The first-order valence-electron chi connectivity index (χ1n) is 5.87. The van der Waals surface area contributed by atoms with Gasteiger partial charge in [0, 0.05) is 26.2 Å². The number of nitrogens with one attached hydrogen (secondary N) is 1. The summed E-state index contributed by atoms with van der Waals surface area (Å²) in [6, 6.07) is 5.60. The van der Waals surface area contributed by atoms with E-state index >= 15 is 0 Å². The highest BCUT2D eigenvalue weighted by Crippen LogP contribution is 2.27. The number of thiophene rings is 2. The molecule has 1 atom stereocenters. The summed E-state index contributed by atoms with van der Waals surface area (Å²) < 4.78 is 6.12. The summed E-state index contributed by atoms with van der Waals surface area (Å²) in [5.74, 6) is -0.228. The van der Waals surface area contributed by atoms with Crippen molar-refractivity contribution >= 4 is 44.6 Å². The summed E-state index contributed by atoms with van der Waals surface area (Å²) >= 11 is 6.62. The second kappa shape index (κ2) is 7.19. The predicted molar refractivity (Wildman–Crippen MR) is 82.6 cm³/mol. The normalized spacial score (nSPS) is 12.3. The summed E-state index contributed by atoms with van der Waals surface area (Å²) in [5, 5.41) is 7.25. The van der Waals surface area contributed by atoms with Gasteiger partial charge in [-0.1, -0.05) is 6.07 Å². The van der Waals surface area contributed by atoms with E-state index < -0.39 is 6.04 Å². The van der Waals surface area contributed by atoms with Crippen LogP contribution in [0.15, 0.2) is 33.4 Å². The van der Waals surface area contributed by atoms with E-state index in [4.69, 9.17) is 4.74 Å². The van der Waals surface area contributed by atoms with Crippen molar-refractivity contribution in [2.45, 2.75) is 19.5 Å². The molecule has 0 saturated heterocycles. The fourth-order valence-corrected chi connectivity index (χ4v) is 3.78. The minimum Gasteiger partial charge on any atom is -0.465 e. The third kappa shape index (κ3) is 4.14. The van der Waals surface area contributed by atoms with Crippen molar-refractivity contribution in [2.24, 2.45) is 0 Å². The van der Waals surface area contributed by atoms with Crippen LogP contribution in [0.2, 0.25) is 0 Å². The first-order chi connectivity index (χ1) is 9.20. The highest BCUT2D eigenvalue weighted by molar-refractivity contribution is 9.10. The summed E-state index contributed by atoms with van der Waals surface area (Å²) in [6.07, 6.45) is 0. The van der Waals surface area contributed by atoms with E-state index in [-0.39, 0.29) is 5.97 Å². The molecule has 19 heavy (non-hydrogen) atoms. The summed E-state index contributed by atoms with van der Waals surface area (Å²) in [5.41, 5.74) is 0. The van der Waals surface area contributed by atoms with Crippen LogP contribution >= 0.6 is 38.6 Å². The fourth-order valence-electron chi connectivity index (χ4n) is 1.62. The van der Waals surface area contributed by atoms with Crippen LogP contribution in [0, 0.1) is 0 Å². The molecule has 0 aliphatic rings. The molecule has 0 spiro atoms. The SMILES string of the molecule is CCOC(=O)C(NCc1cccs1)c1cc(Br)cs1. The Labute approximate surface area is 128 Å². The number of esters is 1. The van der Waals surface area contributed by atoms with Crippen molar-refractivity contribution in [2.75, 3.05) is 6.61 Å². The Balaban J connectivity index is 2.07.